The zero-order chi connectivity index (χ0) is 20.1. The maximum atomic E-state index is 12.4. The molecule has 8 heteroatoms. The highest BCUT2D eigenvalue weighted by molar-refractivity contribution is 7.89. The van der Waals surface area contributed by atoms with Gasteiger partial charge in [-0.15, -0.1) is 0 Å². The number of sulfonamides is 1. The molecular weight excluding hydrogens is 382 g/mol. The van der Waals surface area contributed by atoms with Gasteiger partial charge in [-0.1, -0.05) is 42.5 Å². The van der Waals surface area contributed by atoms with Crippen LogP contribution in [0.2, 0.25) is 0 Å². The summed E-state index contributed by atoms with van der Waals surface area (Å²) < 4.78 is 38.3. The monoisotopic (exact) mass is 403 g/mol. The van der Waals surface area contributed by atoms with E-state index in [1.54, 1.807) is 25.1 Å². The fourth-order valence-corrected chi connectivity index (χ4v) is 3.90. The highest BCUT2D eigenvalue weighted by atomic mass is 32.2. The van der Waals surface area contributed by atoms with Crippen LogP contribution in [0.3, 0.4) is 0 Å². The van der Waals surface area contributed by atoms with Gasteiger partial charge >= 0.3 is 5.97 Å². The minimum atomic E-state index is -3.47. The van der Waals surface area contributed by atoms with E-state index >= 15 is 0 Å². The molecule has 0 saturated heterocycles. The number of hydrogen-bond donors (Lipinski definition) is 2. The van der Waals surface area contributed by atoms with Gasteiger partial charge in [0.25, 0.3) is 0 Å². The number of carbonyl (C=O) groups is 1. The molecule has 3 aromatic rings. The van der Waals surface area contributed by atoms with Gasteiger partial charge in [0.15, 0.2) is 17.9 Å². The van der Waals surface area contributed by atoms with Gasteiger partial charge in [-0.05, 0) is 25.0 Å². The first kappa shape index (κ1) is 19.9. The molecular formula is C20H21NO6S. The van der Waals surface area contributed by atoms with Gasteiger partial charge in [-0.3, -0.25) is 0 Å². The summed E-state index contributed by atoms with van der Waals surface area (Å²) in [5, 5.41) is 9.47. The van der Waals surface area contributed by atoms with Crippen molar-refractivity contribution in [1.82, 2.24) is 4.72 Å². The predicted octanol–water partition coefficient (Wildman–Crippen LogP) is 2.87. The molecule has 0 fully saturated rings. The summed E-state index contributed by atoms with van der Waals surface area (Å²) in [7, 11) is -3.47. The number of aliphatic carboxylic acids is 1. The van der Waals surface area contributed by atoms with Crippen molar-refractivity contribution in [3.8, 4) is 5.75 Å². The number of hydrogen-bond acceptors (Lipinski definition) is 5. The Labute approximate surface area is 163 Å². The molecule has 0 aliphatic carbocycles. The number of carboxylic acid groups (broad SMARTS) is 1. The van der Waals surface area contributed by atoms with E-state index in [1.807, 2.05) is 30.3 Å². The topological polar surface area (TPSA) is 106 Å². The second-order valence-electron chi connectivity index (χ2n) is 6.33. The van der Waals surface area contributed by atoms with Crippen LogP contribution < -0.4 is 9.46 Å². The van der Waals surface area contributed by atoms with E-state index in [4.69, 9.17) is 14.3 Å². The molecule has 0 aliphatic rings. The Kier molecular flexibility index (Phi) is 6.01. The second-order valence-corrected chi connectivity index (χ2v) is 8.25. The lowest BCUT2D eigenvalue weighted by Gasteiger charge is -2.07. The lowest BCUT2D eigenvalue weighted by atomic mass is 10.1. The first-order chi connectivity index (χ1) is 13.4. The van der Waals surface area contributed by atoms with Gasteiger partial charge in [0.2, 0.25) is 10.0 Å². The molecule has 7 nitrogen and oxygen atoms in total. The lowest BCUT2D eigenvalue weighted by Crippen LogP contribution is -2.27. The number of nitrogens with one attached hydrogen (secondary N) is 1. The minimum absolute atomic E-state index is 0.0151. The zero-order valence-corrected chi connectivity index (χ0v) is 16.2. The van der Waals surface area contributed by atoms with Gasteiger partial charge in [0.1, 0.15) is 5.76 Å². The molecule has 0 spiro atoms. The molecule has 0 bridgehead atoms. The summed E-state index contributed by atoms with van der Waals surface area (Å²) in [5.41, 5.74) is 2.05. The highest BCUT2D eigenvalue weighted by Gasteiger charge is 2.18. The minimum Gasteiger partial charge on any atom is -0.479 e. The third-order valence-corrected chi connectivity index (χ3v) is 5.63. The van der Waals surface area contributed by atoms with Crippen molar-refractivity contribution in [2.45, 2.75) is 19.9 Å². The van der Waals surface area contributed by atoms with Crippen LogP contribution in [0, 0.1) is 6.92 Å². The maximum Gasteiger partial charge on any atom is 0.341 e. The number of carboxylic acids is 1. The number of fused-ring (bicyclic) bond motifs is 1. The van der Waals surface area contributed by atoms with Crippen molar-refractivity contribution in [3.05, 3.63) is 65.4 Å². The van der Waals surface area contributed by atoms with E-state index in [9.17, 15) is 13.2 Å². The Balaban J connectivity index is 1.72. The van der Waals surface area contributed by atoms with Crippen LogP contribution in [0.15, 0.2) is 52.9 Å². The summed E-state index contributed by atoms with van der Waals surface area (Å²) in [6.45, 7) is 1.33. The summed E-state index contributed by atoms with van der Waals surface area (Å²) >= 11 is 0. The molecule has 2 aromatic carbocycles. The number of rotatable bonds is 9. The number of aryl methyl sites for hydroxylation is 2. The van der Waals surface area contributed by atoms with E-state index in [2.05, 4.69) is 4.72 Å². The Morgan fingerprint density at radius 1 is 1.14 bits per heavy atom. The van der Waals surface area contributed by atoms with Crippen molar-refractivity contribution >= 4 is 27.0 Å². The maximum absolute atomic E-state index is 12.4. The van der Waals surface area contributed by atoms with Crippen molar-refractivity contribution in [1.29, 1.82) is 0 Å². The van der Waals surface area contributed by atoms with Crippen LogP contribution in [0.4, 0.5) is 0 Å². The number of para-hydroxylation sites is 1. The molecule has 3 rings (SSSR count). The van der Waals surface area contributed by atoms with E-state index in [0.717, 1.165) is 5.56 Å². The van der Waals surface area contributed by atoms with Crippen LogP contribution in [0.5, 0.6) is 5.75 Å². The highest BCUT2D eigenvalue weighted by Crippen LogP contribution is 2.32. The van der Waals surface area contributed by atoms with Crippen LogP contribution in [-0.4, -0.2) is 31.9 Å². The SMILES string of the molecule is Cc1oc2c(OCC(=O)O)cccc2c1CNS(=O)(=O)CCc1ccccc1. The number of ether oxygens (including phenoxy) is 1. The predicted molar refractivity (Wildman–Crippen MR) is 105 cm³/mol. The van der Waals surface area contributed by atoms with Gasteiger partial charge in [0.05, 0.1) is 5.75 Å². The van der Waals surface area contributed by atoms with Crippen molar-refractivity contribution < 1.29 is 27.5 Å². The molecule has 2 N–H and O–H groups in total. The Hall–Kier alpha value is -2.84. The van der Waals surface area contributed by atoms with Crippen LogP contribution >= 0.6 is 0 Å². The zero-order valence-electron chi connectivity index (χ0n) is 15.3. The third-order valence-electron chi connectivity index (χ3n) is 4.31. The third kappa shape index (κ3) is 4.90. The fourth-order valence-electron chi connectivity index (χ4n) is 2.89. The van der Waals surface area contributed by atoms with Crippen molar-refractivity contribution in [3.63, 3.8) is 0 Å². The molecule has 0 atom stereocenters. The van der Waals surface area contributed by atoms with Crippen molar-refractivity contribution in [2.75, 3.05) is 12.4 Å². The number of benzene rings is 2. The van der Waals surface area contributed by atoms with Gasteiger partial charge in [0, 0.05) is 17.5 Å². The first-order valence-corrected chi connectivity index (χ1v) is 10.4. The quantitative estimate of drug-likeness (QED) is 0.569. The van der Waals surface area contributed by atoms with Gasteiger partial charge in [-0.2, -0.15) is 0 Å². The second kappa shape index (κ2) is 8.45. The molecule has 0 aliphatic heterocycles. The van der Waals surface area contributed by atoms with Crippen LogP contribution in [0.1, 0.15) is 16.9 Å². The normalized spacial score (nSPS) is 11.6. The van der Waals surface area contributed by atoms with Gasteiger partial charge < -0.3 is 14.3 Å². The molecule has 0 saturated carbocycles. The Bertz CT molecular complexity index is 1070. The summed E-state index contributed by atoms with van der Waals surface area (Å²) in [4.78, 5) is 10.7. The van der Waals surface area contributed by atoms with E-state index in [0.29, 0.717) is 34.5 Å². The van der Waals surface area contributed by atoms with E-state index in [1.165, 1.54) is 0 Å². The molecule has 1 heterocycles. The molecule has 28 heavy (non-hydrogen) atoms. The smallest absolute Gasteiger partial charge is 0.341 e. The molecule has 0 unspecified atom stereocenters. The Morgan fingerprint density at radius 2 is 1.89 bits per heavy atom. The number of furan rings is 1. The van der Waals surface area contributed by atoms with Gasteiger partial charge in [-0.25, -0.2) is 17.9 Å². The average molecular weight is 403 g/mol. The summed E-state index contributed by atoms with van der Waals surface area (Å²) in [6, 6.07) is 14.5. The first-order valence-electron chi connectivity index (χ1n) is 8.72. The molecule has 0 amide bonds. The average Bonchev–Trinajstić information content (AvgIpc) is 3.00. The summed E-state index contributed by atoms with van der Waals surface area (Å²) in [6.07, 6.45) is 0.425. The lowest BCUT2D eigenvalue weighted by molar-refractivity contribution is -0.139. The van der Waals surface area contributed by atoms with Crippen molar-refractivity contribution in [2.24, 2.45) is 0 Å². The van der Waals surface area contributed by atoms with E-state index < -0.39 is 22.6 Å². The fraction of sp³-hybridized carbons (Fsp3) is 0.250. The molecule has 1 aromatic heterocycles. The summed E-state index contributed by atoms with van der Waals surface area (Å²) in [5.74, 6) is -0.251. The largest absolute Gasteiger partial charge is 0.479 e. The van der Waals surface area contributed by atoms with E-state index in [-0.39, 0.29) is 12.3 Å². The van der Waals surface area contributed by atoms with Crippen LogP contribution in [-0.2, 0) is 27.8 Å². The molecule has 148 valence electrons. The Morgan fingerprint density at radius 3 is 2.61 bits per heavy atom. The standard InChI is InChI=1S/C20H21NO6S/c1-14-17(12-21-28(24,25)11-10-15-6-3-2-4-7-15)16-8-5-9-18(20(16)27-14)26-13-19(22)23/h2-9,21H,10-13H2,1H3,(H,22,23). The molecule has 0 radical (unpaired) electrons. The van der Waals surface area contributed by atoms with Crippen LogP contribution in [0.25, 0.3) is 11.0 Å².